The average molecular weight is 226 g/mol. The van der Waals surface area contributed by atoms with Crippen molar-refractivity contribution in [3.05, 3.63) is 28.3 Å². The summed E-state index contributed by atoms with van der Waals surface area (Å²) in [7, 11) is 3.09. The van der Waals surface area contributed by atoms with Crippen LogP contribution in [0.15, 0.2) is 18.2 Å². The van der Waals surface area contributed by atoms with E-state index in [1.807, 2.05) is 0 Å². The highest BCUT2D eigenvalue weighted by atomic mass is 16.6. The third-order valence-corrected chi connectivity index (χ3v) is 2.02. The van der Waals surface area contributed by atoms with Crippen molar-refractivity contribution in [2.45, 2.75) is 0 Å². The Kier molecular flexibility index (Phi) is 4.53. The van der Waals surface area contributed by atoms with Crippen molar-refractivity contribution in [2.24, 2.45) is 0 Å². The number of nitro benzene ring substituents is 1. The molecule has 6 heteroatoms. The van der Waals surface area contributed by atoms with Crippen LogP contribution in [0.25, 0.3) is 0 Å². The van der Waals surface area contributed by atoms with E-state index in [0.717, 1.165) is 0 Å². The van der Waals surface area contributed by atoms with Gasteiger partial charge in [0.1, 0.15) is 11.4 Å². The largest absolute Gasteiger partial charge is 0.497 e. The zero-order valence-corrected chi connectivity index (χ0v) is 9.23. The number of rotatable bonds is 6. The molecule has 0 radical (unpaired) electrons. The van der Waals surface area contributed by atoms with E-state index in [9.17, 15) is 10.1 Å². The molecule has 88 valence electrons. The number of hydrogen-bond donors (Lipinski definition) is 1. The molecule has 0 saturated carbocycles. The van der Waals surface area contributed by atoms with E-state index in [1.165, 1.54) is 13.2 Å². The molecular weight excluding hydrogens is 212 g/mol. The Balaban J connectivity index is 2.87. The molecule has 1 N–H and O–H groups in total. The van der Waals surface area contributed by atoms with Gasteiger partial charge in [-0.1, -0.05) is 0 Å². The van der Waals surface area contributed by atoms with E-state index in [0.29, 0.717) is 24.6 Å². The van der Waals surface area contributed by atoms with Crippen LogP contribution in [0.1, 0.15) is 0 Å². The molecule has 0 aliphatic rings. The van der Waals surface area contributed by atoms with Crippen molar-refractivity contribution in [1.82, 2.24) is 0 Å². The highest BCUT2D eigenvalue weighted by Gasteiger charge is 2.13. The number of nitrogens with zero attached hydrogens (tertiary/aromatic N) is 1. The summed E-state index contributed by atoms with van der Waals surface area (Å²) in [6, 6.07) is 4.56. The molecule has 0 amide bonds. The maximum Gasteiger partial charge on any atom is 0.292 e. The summed E-state index contributed by atoms with van der Waals surface area (Å²) in [5.41, 5.74) is 0.457. The van der Waals surface area contributed by atoms with Gasteiger partial charge in [-0.15, -0.1) is 0 Å². The molecule has 6 nitrogen and oxygen atoms in total. The third-order valence-electron chi connectivity index (χ3n) is 2.02. The number of benzene rings is 1. The van der Waals surface area contributed by atoms with Crippen LogP contribution in [0.2, 0.25) is 0 Å². The Hall–Kier alpha value is -1.82. The predicted octanol–water partition coefficient (Wildman–Crippen LogP) is 1.66. The number of nitro groups is 1. The first-order valence-electron chi connectivity index (χ1n) is 4.74. The van der Waals surface area contributed by atoms with E-state index in [1.54, 1.807) is 19.2 Å². The first kappa shape index (κ1) is 12.3. The van der Waals surface area contributed by atoms with Crippen molar-refractivity contribution < 1.29 is 14.4 Å². The molecule has 1 aromatic rings. The normalized spacial score (nSPS) is 9.88. The molecule has 0 saturated heterocycles. The molecule has 1 rings (SSSR count). The fourth-order valence-electron chi connectivity index (χ4n) is 1.23. The van der Waals surface area contributed by atoms with Crippen molar-refractivity contribution >= 4 is 11.4 Å². The van der Waals surface area contributed by atoms with Crippen LogP contribution in [0.3, 0.4) is 0 Å². The van der Waals surface area contributed by atoms with Crippen molar-refractivity contribution in [3.63, 3.8) is 0 Å². The SMILES string of the molecule is COCCNc1cc(OC)ccc1[N+](=O)[O-]. The summed E-state index contributed by atoms with van der Waals surface area (Å²) in [4.78, 5) is 10.3. The summed E-state index contributed by atoms with van der Waals surface area (Å²) in [5, 5.41) is 13.7. The van der Waals surface area contributed by atoms with E-state index in [-0.39, 0.29) is 5.69 Å². The molecule has 16 heavy (non-hydrogen) atoms. The van der Waals surface area contributed by atoms with E-state index in [4.69, 9.17) is 9.47 Å². The van der Waals surface area contributed by atoms with Crippen LogP contribution in [-0.2, 0) is 4.74 Å². The van der Waals surface area contributed by atoms with Gasteiger partial charge in [0.05, 0.1) is 18.6 Å². The highest BCUT2D eigenvalue weighted by Crippen LogP contribution is 2.28. The van der Waals surface area contributed by atoms with Gasteiger partial charge in [-0.2, -0.15) is 0 Å². The molecule has 0 aliphatic heterocycles. The maximum atomic E-state index is 10.7. The Bertz CT molecular complexity index is 368. The highest BCUT2D eigenvalue weighted by molar-refractivity contribution is 5.64. The molecule has 0 heterocycles. The fraction of sp³-hybridized carbons (Fsp3) is 0.400. The van der Waals surface area contributed by atoms with Gasteiger partial charge < -0.3 is 14.8 Å². The molecular formula is C10H14N2O4. The Morgan fingerprint density at radius 3 is 2.75 bits per heavy atom. The van der Waals surface area contributed by atoms with Crippen LogP contribution in [0.4, 0.5) is 11.4 Å². The second-order valence-corrected chi connectivity index (χ2v) is 3.06. The van der Waals surface area contributed by atoms with Gasteiger partial charge in [-0.05, 0) is 6.07 Å². The minimum absolute atomic E-state index is 0.0249. The lowest BCUT2D eigenvalue weighted by atomic mass is 10.2. The van der Waals surface area contributed by atoms with Gasteiger partial charge in [0.25, 0.3) is 5.69 Å². The van der Waals surface area contributed by atoms with Gasteiger partial charge in [0.15, 0.2) is 0 Å². The van der Waals surface area contributed by atoms with E-state index < -0.39 is 4.92 Å². The molecule has 0 aliphatic carbocycles. The minimum atomic E-state index is -0.436. The van der Waals surface area contributed by atoms with Crippen LogP contribution in [0.5, 0.6) is 5.75 Å². The molecule has 0 spiro atoms. The monoisotopic (exact) mass is 226 g/mol. The number of methoxy groups -OCH3 is 2. The summed E-state index contributed by atoms with van der Waals surface area (Å²) in [6.45, 7) is 0.985. The third kappa shape index (κ3) is 3.09. The molecule has 0 atom stereocenters. The summed E-state index contributed by atoms with van der Waals surface area (Å²) < 4.78 is 9.86. The summed E-state index contributed by atoms with van der Waals surface area (Å²) >= 11 is 0. The second kappa shape index (κ2) is 5.92. The Morgan fingerprint density at radius 2 is 2.19 bits per heavy atom. The molecule has 1 aromatic carbocycles. The molecule has 0 aromatic heterocycles. The van der Waals surface area contributed by atoms with E-state index >= 15 is 0 Å². The zero-order valence-electron chi connectivity index (χ0n) is 9.23. The van der Waals surface area contributed by atoms with Gasteiger partial charge in [0.2, 0.25) is 0 Å². The van der Waals surface area contributed by atoms with Gasteiger partial charge in [0, 0.05) is 25.8 Å². The first-order valence-corrected chi connectivity index (χ1v) is 4.74. The molecule has 0 bridgehead atoms. The van der Waals surface area contributed by atoms with E-state index in [2.05, 4.69) is 5.32 Å². The standard InChI is InChI=1S/C10H14N2O4/c1-15-6-5-11-9-7-8(16-2)3-4-10(9)12(13)14/h3-4,7,11H,5-6H2,1-2H3. The number of ether oxygens (including phenoxy) is 2. The number of nitrogens with one attached hydrogen (secondary N) is 1. The number of anilines is 1. The van der Waals surface area contributed by atoms with Gasteiger partial charge in [-0.3, -0.25) is 10.1 Å². The predicted molar refractivity (Wildman–Crippen MR) is 60.0 cm³/mol. The number of hydrogen-bond acceptors (Lipinski definition) is 5. The van der Waals surface area contributed by atoms with Gasteiger partial charge in [-0.25, -0.2) is 0 Å². The molecule has 0 fully saturated rings. The lowest BCUT2D eigenvalue weighted by Gasteiger charge is -2.08. The zero-order chi connectivity index (χ0) is 12.0. The maximum absolute atomic E-state index is 10.7. The topological polar surface area (TPSA) is 73.6 Å². The Labute approximate surface area is 93.3 Å². The van der Waals surface area contributed by atoms with Crippen molar-refractivity contribution in [1.29, 1.82) is 0 Å². The smallest absolute Gasteiger partial charge is 0.292 e. The lowest BCUT2D eigenvalue weighted by Crippen LogP contribution is -2.09. The van der Waals surface area contributed by atoms with Crippen molar-refractivity contribution in [2.75, 3.05) is 32.7 Å². The van der Waals surface area contributed by atoms with Crippen LogP contribution in [0, 0.1) is 10.1 Å². The van der Waals surface area contributed by atoms with Gasteiger partial charge >= 0.3 is 0 Å². The van der Waals surface area contributed by atoms with Crippen LogP contribution in [-0.4, -0.2) is 32.3 Å². The first-order chi connectivity index (χ1) is 7.69. The van der Waals surface area contributed by atoms with Crippen LogP contribution >= 0.6 is 0 Å². The molecule has 0 unspecified atom stereocenters. The quantitative estimate of drug-likeness (QED) is 0.453. The van der Waals surface area contributed by atoms with Crippen LogP contribution < -0.4 is 10.1 Å². The lowest BCUT2D eigenvalue weighted by molar-refractivity contribution is -0.384. The summed E-state index contributed by atoms with van der Waals surface area (Å²) in [6.07, 6.45) is 0. The summed E-state index contributed by atoms with van der Waals surface area (Å²) in [5.74, 6) is 0.575. The average Bonchev–Trinajstić information content (AvgIpc) is 2.29. The Morgan fingerprint density at radius 1 is 1.44 bits per heavy atom. The fourth-order valence-corrected chi connectivity index (χ4v) is 1.23. The minimum Gasteiger partial charge on any atom is -0.497 e. The second-order valence-electron chi connectivity index (χ2n) is 3.06. The van der Waals surface area contributed by atoms with Crippen molar-refractivity contribution in [3.8, 4) is 5.75 Å².